The van der Waals surface area contributed by atoms with Gasteiger partial charge in [0.25, 0.3) is 0 Å². The molecule has 2 aliphatic heterocycles. The minimum Gasteiger partial charge on any atom is -0.444 e. The molecule has 2 N–H and O–H groups in total. The summed E-state index contributed by atoms with van der Waals surface area (Å²) in [6.07, 6.45) is 1.68. The molecule has 2 aliphatic rings. The molecule has 1 saturated heterocycles. The molecule has 1 unspecified atom stereocenters. The average molecular weight is 490 g/mol. The molecule has 3 heterocycles. The summed E-state index contributed by atoms with van der Waals surface area (Å²) in [4.78, 5) is 37.6. The Balaban J connectivity index is 1.53. The normalized spacial score (nSPS) is 18.3. The fourth-order valence-electron chi connectivity index (χ4n) is 4.31. The SMILES string of the molecule is CCN1C(=C(C#N)c2nc(NC(=O)C3CCN(C(=O)OC(C)(C)C)C3)ncc2C)Nc2ccccc21. The smallest absolute Gasteiger partial charge is 0.410 e. The molecule has 4 rings (SSSR count). The molecule has 188 valence electrons. The summed E-state index contributed by atoms with van der Waals surface area (Å²) in [5.41, 5.74) is 2.82. The number of carbonyl (C=O) groups is 2. The number of anilines is 3. The molecule has 1 aromatic carbocycles. The minimum absolute atomic E-state index is 0.114. The van der Waals surface area contributed by atoms with E-state index in [9.17, 15) is 14.9 Å². The number of aryl methyl sites for hydroxylation is 1. The van der Waals surface area contributed by atoms with Gasteiger partial charge in [0, 0.05) is 25.8 Å². The summed E-state index contributed by atoms with van der Waals surface area (Å²) < 4.78 is 5.41. The van der Waals surface area contributed by atoms with Gasteiger partial charge in [-0.05, 0) is 58.7 Å². The van der Waals surface area contributed by atoms with Crippen molar-refractivity contribution in [3.63, 3.8) is 0 Å². The second-order valence-electron chi connectivity index (χ2n) is 9.85. The lowest BCUT2D eigenvalue weighted by atomic mass is 10.1. The number of aromatic nitrogens is 2. The van der Waals surface area contributed by atoms with E-state index in [2.05, 4.69) is 26.7 Å². The topological polar surface area (TPSA) is 123 Å². The van der Waals surface area contributed by atoms with Crippen LogP contribution in [0.15, 0.2) is 36.3 Å². The number of nitrogens with one attached hydrogen (secondary N) is 2. The number of likely N-dealkylation sites (tertiary alicyclic amines) is 1. The van der Waals surface area contributed by atoms with E-state index < -0.39 is 17.6 Å². The van der Waals surface area contributed by atoms with E-state index in [1.54, 1.807) is 6.20 Å². The summed E-state index contributed by atoms with van der Waals surface area (Å²) in [6, 6.07) is 10.1. The maximum atomic E-state index is 12.9. The molecule has 0 radical (unpaired) electrons. The van der Waals surface area contributed by atoms with Crippen molar-refractivity contribution in [2.75, 3.05) is 35.2 Å². The van der Waals surface area contributed by atoms with E-state index in [0.29, 0.717) is 42.2 Å². The number of hydrogen-bond acceptors (Lipinski definition) is 8. The second kappa shape index (κ2) is 9.85. The fourth-order valence-corrected chi connectivity index (χ4v) is 4.31. The van der Waals surface area contributed by atoms with E-state index >= 15 is 0 Å². The first-order valence-corrected chi connectivity index (χ1v) is 12.0. The van der Waals surface area contributed by atoms with Crippen LogP contribution < -0.4 is 15.5 Å². The van der Waals surface area contributed by atoms with Crippen molar-refractivity contribution in [1.82, 2.24) is 14.9 Å². The molecule has 0 bridgehead atoms. The average Bonchev–Trinajstić information content (AvgIpc) is 3.46. The number of allylic oxidation sites excluding steroid dienone is 1. The Bertz CT molecular complexity index is 1260. The Morgan fingerprint density at radius 2 is 2.06 bits per heavy atom. The molecule has 1 aromatic heterocycles. The summed E-state index contributed by atoms with van der Waals surface area (Å²) in [6.45, 7) is 10.6. The van der Waals surface area contributed by atoms with Crippen molar-refractivity contribution >= 4 is 34.9 Å². The molecule has 10 nitrogen and oxygen atoms in total. The van der Waals surface area contributed by atoms with Crippen LogP contribution >= 0.6 is 0 Å². The number of ether oxygens (including phenoxy) is 1. The monoisotopic (exact) mass is 489 g/mol. The third-order valence-corrected chi connectivity index (χ3v) is 6.04. The first-order chi connectivity index (χ1) is 17.1. The molecule has 36 heavy (non-hydrogen) atoms. The van der Waals surface area contributed by atoms with Gasteiger partial charge in [-0.25, -0.2) is 14.8 Å². The molecule has 10 heteroatoms. The zero-order valence-electron chi connectivity index (χ0n) is 21.3. The molecule has 1 fully saturated rings. The van der Waals surface area contributed by atoms with Gasteiger partial charge in [0.1, 0.15) is 23.1 Å². The Morgan fingerprint density at radius 1 is 1.31 bits per heavy atom. The number of amides is 2. The molecule has 2 amide bonds. The zero-order valence-corrected chi connectivity index (χ0v) is 21.3. The van der Waals surface area contributed by atoms with Crippen molar-refractivity contribution in [1.29, 1.82) is 5.26 Å². The quantitative estimate of drug-likeness (QED) is 0.615. The van der Waals surface area contributed by atoms with Gasteiger partial charge in [0.05, 0.1) is 23.0 Å². The van der Waals surface area contributed by atoms with Crippen molar-refractivity contribution in [2.45, 2.75) is 46.6 Å². The van der Waals surface area contributed by atoms with Gasteiger partial charge >= 0.3 is 6.09 Å². The van der Waals surface area contributed by atoms with Crippen LogP contribution in [0.4, 0.5) is 22.1 Å². The zero-order chi connectivity index (χ0) is 26.0. The number of rotatable bonds is 4. The molecule has 0 saturated carbocycles. The van der Waals surface area contributed by atoms with E-state index in [-0.39, 0.29) is 18.4 Å². The summed E-state index contributed by atoms with van der Waals surface area (Å²) in [5, 5.41) is 16.2. The molecular formula is C26H31N7O3. The maximum absolute atomic E-state index is 12.9. The molecule has 0 spiro atoms. The number of nitrogens with zero attached hydrogens (tertiary/aromatic N) is 5. The lowest BCUT2D eigenvalue weighted by Crippen LogP contribution is -2.36. The molecule has 2 aromatic rings. The van der Waals surface area contributed by atoms with Crippen LogP contribution in [-0.4, -0.2) is 52.1 Å². The number of nitriles is 1. The van der Waals surface area contributed by atoms with E-state index in [0.717, 1.165) is 11.4 Å². The minimum atomic E-state index is -0.598. The number of para-hydroxylation sites is 2. The van der Waals surface area contributed by atoms with E-state index in [4.69, 9.17) is 4.74 Å². The third kappa shape index (κ3) is 5.10. The third-order valence-electron chi connectivity index (χ3n) is 6.04. The number of hydrogen-bond donors (Lipinski definition) is 2. The summed E-state index contributed by atoms with van der Waals surface area (Å²) >= 11 is 0. The van der Waals surface area contributed by atoms with Crippen molar-refractivity contribution in [2.24, 2.45) is 5.92 Å². The van der Waals surface area contributed by atoms with Crippen LogP contribution in [0.2, 0.25) is 0 Å². The van der Waals surface area contributed by atoms with Gasteiger partial charge in [-0.15, -0.1) is 0 Å². The van der Waals surface area contributed by atoms with E-state index in [1.165, 1.54) is 4.90 Å². The highest BCUT2D eigenvalue weighted by atomic mass is 16.6. The van der Waals surface area contributed by atoms with E-state index in [1.807, 2.05) is 63.8 Å². The summed E-state index contributed by atoms with van der Waals surface area (Å²) in [5.74, 6) is 0.0807. The highest BCUT2D eigenvalue weighted by Crippen LogP contribution is 2.38. The lowest BCUT2D eigenvalue weighted by molar-refractivity contribution is -0.119. The van der Waals surface area contributed by atoms with Gasteiger partial charge < -0.3 is 19.9 Å². The molecule has 0 aliphatic carbocycles. The van der Waals surface area contributed by atoms with Crippen LogP contribution in [0, 0.1) is 24.2 Å². The largest absolute Gasteiger partial charge is 0.444 e. The van der Waals surface area contributed by atoms with Gasteiger partial charge in [-0.1, -0.05) is 12.1 Å². The molecule has 1 atom stereocenters. The Labute approximate surface area is 211 Å². The highest BCUT2D eigenvalue weighted by Gasteiger charge is 2.34. The maximum Gasteiger partial charge on any atom is 0.410 e. The van der Waals surface area contributed by atoms with Crippen LogP contribution in [0.1, 0.15) is 45.4 Å². The Morgan fingerprint density at radius 3 is 2.75 bits per heavy atom. The fraction of sp³-hybridized carbons (Fsp3) is 0.423. The van der Waals surface area contributed by atoms with Crippen LogP contribution in [-0.2, 0) is 9.53 Å². The number of fused-ring (bicyclic) bond motifs is 1. The highest BCUT2D eigenvalue weighted by molar-refractivity contribution is 5.93. The van der Waals surface area contributed by atoms with Gasteiger partial charge in [-0.3, -0.25) is 10.1 Å². The first-order valence-electron chi connectivity index (χ1n) is 12.0. The number of benzene rings is 1. The predicted molar refractivity (Wildman–Crippen MR) is 137 cm³/mol. The van der Waals surface area contributed by atoms with Crippen molar-refractivity contribution in [3.8, 4) is 6.07 Å². The Kier molecular flexibility index (Phi) is 6.84. The first kappa shape index (κ1) is 25.0. The predicted octanol–water partition coefficient (Wildman–Crippen LogP) is 4.12. The number of carbonyl (C=O) groups excluding carboxylic acids is 2. The van der Waals surface area contributed by atoms with Crippen molar-refractivity contribution in [3.05, 3.63) is 47.5 Å². The standard InChI is InChI=1S/C26H31N7O3/c1-6-33-20-10-8-7-9-19(20)29-22(33)18(13-27)21-16(2)14-28-24(30-21)31-23(34)17-11-12-32(15-17)25(35)36-26(3,4)5/h7-10,14,17,29H,6,11-12,15H2,1-5H3,(H,28,30,31,34). The summed E-state index contributed by atoms with van der Waals surface area (Å²) in [7, 11) is 0. The van der Waals surface area contributed by atoms with Crippen LogP contribution in [0.25, 0.3) is 5.57 Å². The van der Waals surface area contributed by atoms with Gasteiger partial charge in [-0.2, -0.15) is 5.26 Å². The van der Waals surface area contributed by atoms with Gasteiger partial charge in [0.2, 0.25) is 11.9 Å². The molecular weight excluding hydrogens is 458 g/mol. The van der Waals surface area contributed by atoms with Gasteiger partial charge in [0.15, 0.2) is 0 Å². The Hall–Kier alpha value is -4.13. The van der Waals surface area contributed by atoms with Crippen LogP contribution in [0.3, 0.4) is 0 Å². The lowest BCUT2D eigenvalue weighted by Gasteiger charge is -2.24. The second-order valence-corrected chi connectivity index (χ2v) is 9.85. The van der Waals surface area contributed by atoms with Crippen LogP contribution in [0.5, 0.6) is 0 Å². The van der Waals surface area contributed by atoms with Crippen molar-refractivity contribution < 1.29 is 14.3 Å².